The summed E-state index contributed by atoms with van der Waals surface area (Å²) in [6.45, 7) is 1.81. The minimum absolute atomic E-state index is 0.162. The Morgan fingerprint density at radius 3 is 2.87 bits per heavy atom. The maximum absolute atomic E-state index is 11.9. The Balaban J connectivity index is 1.55. The third-order valence-electron chi connectivity index (χ3n) is 2.98. The van der Waals surface area contributed by atoms with Crippen LogP contribution in [0.2, 0.25) is 0 Å². The predicted molar refractivity (Wildman–Crippen MR) is 94.9 cm³/mol. The van der Waals surface area contributed by atoms with E-state index in [2.05, 4.69) is 20.5 Å². The zero-order valence-corrected chi connectivity index (χ0v) is 14.0. The number of carbonyl (C=O) groups is 1. The van der Waals surface area contributed by atoms with Crippen LogP contribution in [0.4, 0.5) is 0 Å². The fourth-order valence-electron chi connectivity index (χ4n) is 1.85. The summed E-state index contributed by atoms with van der Waals surface area (Å²) in [4.78, 5) is 20.5. The van der Waals surface area contributed by atoms with Gasteiger partial charge in [-0.15, -0.1) is 11.3 Å². The van der Waals surface area contributed by atoms with Crippen LogP contribution in [0.15, 0.2) is 58.1 Å². The maximum Gasteiger partial charge on any atom is 0.250 e. The number of nitrogens with zero attached hydrogens (tertiary/aromatic N) is 3. The van der Waals surface area contributed by atoms with Crippen molar-refractivity contribution in [2.24, 2.45) is 5.10 Å². The molecule has 0 atom stereocenters. The number of aromatic nitrogens is 2. The number of fused-ring (bicyclic) bond motifs is 1. The summed E-state index contributed by atoms with van der Waals surface area (Å²) in [5, 5.41) is 4.07. The topological polar surface area (TPSA) is 67.2 Å². The molecule has 1 amide bonds. The van der Waals surface area contributed by atoms with Crippen molar-refractivity contribution in [3.63, 3.8) is 0 Å². The van der Waals surface area contributed by atoms with Gasteiger partial charge in [0.05, 0.1) is 27.4 Å². The Hall–Kier alpha value is -2.25. The van der Waals surface area contributed by atoms with E-state index in [9.17, 15) is 4.79 Å². The number of amides is 1. The number of pyridine rings is 1. The van der Waals surface area contributed by atoms with E-state index < -0.39 is 0 Å². The molecular formula is C16H14N4OS2. The monoisotopic (exact) mass is 342 g/mol. The van der Waals surface area contributed by atoms with Gasteiger partial charge in [0.1, 0.15) is 0 Å². The van der Waals surface area contributed by atoms with Gasteiger partial charge in [-0.3, -0.25) is 9.78 Å². The Morgan fingerprint density at radius 2 is 2.09 bits per heavy atom. The van der Waals surface area contributed by atoms with E-state index >= 15 is 0 Å². The van der Waals surface area contributed by atoms with E-state index in [-0.39, 0.29) is 11.7 Å². The fourth-order valence-corrected chi connectivity index (χ4v) is 3.71. The third-order valence-corrected chi connectivity index (χ3v) is 5.16. The van der Waals surface area contributed by atoms with Crippen LogP contribution in [-0.2, 0) is 4.79 Å². The SMILES string of the molecule is C/C(=N/NC(=O)CSc1nc2ccccc2s1)c1ccccn1. The summed E-state index contributed by atoms with van der Waals surface area (Å²) >= 11 is 3.00. The molecule has 2 heterocycles. The summed E-state index contributed by atoms with van der Waals surface area (Å²) in [6.07, 6.45) is 1.69. The predicted octanol–water partition coefficient (Wildman–Crippen LogP) is 3.32. The van der Waals surface area contributed by atoms with Gasteiger partial charge in [-0.05, 0) is 31.2 Å². The average molecular weight is 342 g/mol. The smallest absolute Gasteiger partial charge is 0.250 e. The van der Waals surface area contributed by atoms with E-state index in [4.69, 9.17) is 0 Å². The molecule has 5 nitrogen and oxygen atoms in total. The molecule has 0 unspecified atom stereocenters. The molecule has 0 saturated heterocycles. The van der Waals surface area contributed by atoms with Crippen molar-refractivity contribution in [3.05, 3.63) is 54.4 Å². The van der Waals surface area contributed by atoms with Gasteiger partial charge in [0.15, 0.2) is 4.34 Å². The van der Waals surface area contributed by atoms with Crippen LogP contribution in [0.25, 0.3) is 10.2 Å². The molecule has 23 heavy (non-hydrogen) atoms. The van der Waals surface area contributed by atoms with Crippen molar-refractivity contribution in [1.29, 1.82) is 0 Å². The van der Waals surface area contributed by atoms with Gasteiger partial charge in [-0.1, -0.05) is 30.0 Å². The Bertz CT molecular complexity index is 812. The minimum atomic E-state index is -0.162. The molecule has 7 heteroatoms. The van der Waals surface area contributed by atoms with Crippen LogP contribution in [0, 0.1) is 0 Å². The molecule has 1 aromatic carbocycles. The molecule has 3 aromatic rings. The average Bonchev–Trinajstić information content (AvgIpc) is 3.01. The number of rotatable bonds is 5. The second-order valence-electron chi connectivity index (χ2n) is 4.68. The van der Waals surface area contributed by atoms with E-state index in [1.807, 2.05) is 49.4 Å². The van der Waals surface area contributed by atoms with Crippen molar-refractivity contribution in [2.75, 3.05) is 5.75 Å². The standard InChI is InChI=1S/C16H14N4OS2/c1-11(12-6-4-5-9-17-12)19-20-15(21)10-22-16-18-13-7-2-3-8-14(13)23-16/h2-9H,10H2,1H3,(H,20,21)/b19-11-. The second-order valence-corrected chi connectivity index (χ2v) is 6.94. The molecule has 2 aromatic heterocycles. The summed E-state index contributed by atoms with van der Waals surface area (Å²) < 4.78 is 2.01. The van der Waals surface area contributed by atoms with Crippen LogP contribution in [0.3, 0.4) is 0 Å². The summed E-state index contributed by atoms with van der Waals surface area (Å²) in [5.41, 5.74) is 4.92. The quantitative estimate of drug-likeness (QED) is 0.439. The lowest BCUT2D eigenvalue weighted by Gasteiger charge is -2.01. The van der Waals surface area contributed by atoms with Gasteiger partial charge in [0.2, 0.25) is 0 Å². The Labute approximate surface area is 141 Å². The van der Waals surface area contributed by atoms with Gasteiger partial charge in [0, 0.05) is 6.20 Å². The molecule has 0 bridgehead atoms. The zero-order valence-electron chi connectivity index (χ0n) is 12.4. The maximum atomic E-state index is 11.9. The lowest BCUT2D eigenvalue weighted by atomic mass is 10.3. The molecule has 1 N–H and O–H groups in total. The number of para-hydroxylation sites is 1. The Morgan fingerprint density at radius 1 is 1.26 bits per heavy atom. The summed E-state index contributed by atoms with van der Waals surface area (Å²) in [5.74, 6) is 0.114. The van der Waals surface area contributed by atoms with Crippen molar-refractivity contribution in [1.82, 2.24) is 15.4 Å². The highest BCUT2D eigenvalue weighted by atomic mass is 32.2. The van der Waals surface area contributed by atoms with Crippen LogP contribution in [0.1, 0.15) is 12.6 Å². The van der Waals surface area contributed by atoms with Gasteiger partial charge in [0.25, 0.3) is 5.91 Å². The van der Waals surface area contributed by atoms with Crippen molar-refractivity contribution in [3.8, 4) is 0 Å². The first-order chi connectivity index (χ1) is 11.2. The van der Waals surface area contributed by atoms with Crippen molar-refractivity contribution >= 4 is 44.9 Å². The van der Waals surface area contributed by atoms with Gasteiger partial charge < -0.3 is 0 Å². The molecule has 0 radical (unpaired) electrons. The van der Waals surface area contributed by atoms with Gasteiger partial charge in [-0.2, -0.15) is 5.10 Å². The van der Waals surface area contributed by atoms with Gasteiger partial charge in [-0.25, -0.2) is 10.4 Å². The van der Waals surface area contributed by atoms with Crippen LogP contribution in [-0.4, -0.2) is 27.3 Å². The largest absolute Gasteiger partial charge is 0.272 e. The van der Waals surface area contributed by atoms with E-state index in [0.29, 0.717) is 5.71 Å². The third kappa shape index (κ3) is 4.14. The van der Waals surface area contributed by atoms with Crippen LogP contribution in [0.5, 0.6) is 0 Å². The lowest BCUT2D eigenvalue weighted by Crippen LogP contribution is -2.21. The number of hydrogen-bond donors (Lipinski definition) is 1. The molecule has 116 valence electrons. The van der Waals surface area contributed by atoms with E-state index in [1.54, 1.807) is 17.5 Å². The number of hydrazone groups is 1. The van der Waals surface area contributed by atoms with Crippen LogP contribution >= 0.6 is 23.1 Å². The number of thioether (sulfide) groups is 1. The number of carbonyl (C=O) groups excluding carboxylic acids is 1. The number of benzene rings is 1. The molecule has 0 saturated carbocycles. The first kappa shape index (κ1) is 15.6. The molecule has 0 aliphatic rings. The lowest BCUT2D eigenvalue weighted by molar-refractivity contribution is -0.118. The molecule has 0 aliphatic heterocycles. The summed E-state index contributed by atoms with van der Waals surface area (Å²) in [7, 11) is 0. The first-order valence-electron chi connectivity index (χ1n) is 6.95. The normalized spacial score (nSPS) is 11.6. The van der Waals surface area contributed by atoms with E-state index in [1.165, 1.54) is 11.8 Å². The highest BCUT2D eigenvalue weighted by Gasteiger charge is 2.07. The molecule has 3 rings (SSSR count). The zero-order chi connectivity index (χ0) is 16.1. The summed E-state index contributed by atoms with van der Waals surface area (Å²) in [6, 6.07) is 13.5. The molecule has 0 spiro atoms. The number of nitrogens with one attached hydrogen (secondary N) is 1. The number of thiazole rings is 1. The van der Waals surface area contributed by atoms with Crippen molar-refractivity contribution < 1.29 is 4.79 Å². The highest BCUT2D eigenvalue weighted by molar-refractivity contribution is 8.01. The molecule has 0 fully saturated rings. The van der Waals surface area contributed by atoms with Gasteiger partial charge >= 0.3 is 0 Å². The first-order valence-corrected chi connectivity index (χ1v) is 8.75. The highest BCUT2D eigenvalue weighted by Crippen LogP contribution is 2.28. The molecular weight excluding hydrogens is 328 g/mol. The number of hydrogen-bond acceptors (Lipinski definition) is 6. The fraction of sp³-hybridized carbons (Fsp3) is 0.125. The Kier molecular flexibility index (Phi) is 4.99. The minimum Gasteiger partial charge on any atom is -0.272 e. The molecule has 0 aliphatic carbocycles. The van der Waals surface area contributed by atoms with Crippen LogP contribution < -0.4 is 5.43 Å². The van der Waals surface area contributed by atoms with Crippen molar-refractivity contribution in [2.45, 2.75) is 11.3 Å². The van der Waals surface area contributed by atoms with E-state index in [0.717, 1.165) is 20.3 Å². The second kappa shape index (κ2) is 7.34.